The Labute approximate surface area is 131 Å². The molecule has 0 radical (unpaired) electrons. The largest absolute Gasteiger partial charge is 0.324 e. The lowest BCUT2D eigenvalue weighted by molar-refractivity contribution is 0.603. The topological polar surface area (TPSA) is 72.2 Å². The minimum Gasteiger partial charge on any atom is -0.324 e. The molecule has 0 aliphatic carbocycles. The summed E-state index contributed by atoms with van der Waals surface area (Å²) >= 11 is 4.53. The molecule has 0 bridgehead atoms. The lowest BCUT2D eigenvalue weighted by atomic mass is 10.1. The average Bonchev–Trinajstić information content (AvgIpc) is 2.70. The monoisotopic (exact) mass is 374 g/mol. The predicted octanol–water partition coefficient (Wildman–Crippen LogP) is 3.64. The van der Waals surface area contributed by atoms with Crippen molar-refractivity contribution in [1.82, 2.24) is 0 Å². The molecule has 108 valence electrons. The number of aryl methyl sites for hydroxylation is 1. The Hall–Kier alpha value is -0.890. The van der Waals surface area contributed by atoms with E-state index >= 15 is 0 Å². The van der Waals surface area contributed by atoms with E-state index in [0.717, 1.165) is 14.9 Å². The van der Waals surface area contributed by atoms with Gasteiger partial charge in [0.25, 0.3) is 10.0 Å². The van der Waals surface area contributed by atoms with Crippen LogP contribution in [0.1, 0.15) is 24.1 Å². The Morgan fingerprint density at radius 2 is 2.05 bits per heavy atom. The Morgan fingerprint density at radius 1 is 1.35 bits per heavy atom. The molecule has 0 aliphatic heterocycles. The molecule has 1 heterocycles. The fourth-order valence-corrected chi connectivity index (χ4v) is 4.93. The Bertz CT molecular complexity index is 704. The van der Waals surface area contributed by atoms with Crippen molar-refractivity contribution >= 4 is 43.0 Å². The Morgan fingerprint density at radius 3 is 2.60 bits per heavy atom. The molecule has 0 aliphatic rings. The molecule has 20 heavy (non-hydrogen) atoms. The SMILES string of the molecule is Cc1cc(S(=O)(=O)Nc2cccc(C(C)N)c2)sc1Br. The summed E-state index contributed by atoms with van der Waals surface area (Å²) in [5.41, 5.74) is 8.10. The van der Waals surface area contributed by atoms with Crippen LogP contribution >= 0.6 is 27.3 Å². The van der Waals surface area contributed by atoms with E-state index < -0.39 is 10.0 Å². The van der Waals surface area contributed by atoms with Crippen LogP contribution in [0.15, 0.2) is 38.3 Å². The Kier molecular flexibility index (Phi) is 4.53. The number of hydrogen-bond acceptors (Lipinski definition) is 4. The van der Waals surface area contributed by atoms with Crippen LogP contribution in [0.5, 0.6) is 0 Å². The summed E-state index contributed by atoms with van der Waals surface area (Å²) in [5, 5.41) is 0. The molecule has 3 N–H and O–H groups in total. The van der Waals surface area contributed by atoms with Gasteiger partial charge in [-0.3, -0.25) is 4.72 Å². The van der Waals surface area contributed by atoms with Gasteiger partial charge in [-0.15, -0.1) is 11.3 Å². The predicted molar refractivity (Wildman–Crippen MR) is 86.6 cm³/mol. The molecular weight excluding hydrogens is 360 g/mol. The van der Waals surface area contributed by atoms with Crippen molar-refractivity contribution in [2.24, 2.45) is 5.73 Å². The third kappa shape index (κ3) is 3.41. The lowest BCUT2D eigenvalue weighted by Gasteiger charge is -2.10. The fourth-order valence-electron chi connectivity index (χ4n) is 1.66. The quantitative estimate of drug-likeness (QED) is 0.857. The number of anilines is 1. The number of thiophene rings is 1. The number of halogens is 1. The van der Waals surface area contributed by atoms with E-state index in [0.29, 0.717) is 5.69 Å². The second kappa shape index (κ2) is 5.85. The second-order valence-electron chi connectivity index (χ2n) is 4.54. The van der Waals surface area contributed by atoms with Gasteiger partial charge in [-0.05, 0) is 59.1 Å². The summed E-state index contributed by atoms with van der Waals surface area (Å²) in [6.07, 6.45) is 0. The average molecular weight is 375 g/mol. The van der Waals surface area contributed by atoms with Crippen molar-refractivity contribution in [2.45, 2.75) is 24.1 Å². The molecule has 7 heteroatoms. The molecule has 1 unspecified atom stereocenters. The van der Waals surface area contributed by atoms with Gasteiger partial charge in [0, 0.05) is 11.7 Å². The zero-order valence-corrected chi connectivity index (χ0v) is 14.3. The highest BCUT2D eigenvalue weighted by Gasteiger charge is 2.18. The molecule has 4 nitrogen and oxygen atoms in total. The molecule has 2 aromatic rings. The van der Waals surface area contributed by atoms with Crippen LogP contribution in [0, 0.1) is 6.92 Å². The maximum atomic E-state index is 12.3. The van der Waals surface area contributed by atoms with E-state index in [-0.39, 0.29) is 10.3 Å². The van der Waals surface area contributed by atoms with E-state index in [2.05, 4.69) is 20.7 Å². The van der Waals surface area contributed by atoms with Crippen molar-refractivity contribution in [3.63, 3.8) is 0 Å². The molecule has 0 spiro atoms. The first-order chi connectivity index (χ1) is 9.29. The molecular formula is C13H15BrN2O2S2. The summed E-state index contributed by atoms with van der Waals surface area (Å²) in [5.74, 6) is 0. The van der Waals surface area contributed by atoms with Crippen LogP contribution in [-0.2, 0) is 10.0 Å². The van der Waals surface area contributed by atoms with Gasteiger partial charge >= 0.3 is 0 Å². The van der Waals surface area contributed by atoms with Crippen molar-refractivity contribution in [3.05, 3.63) is 45.2 Å². The molecule has 1 atom stereocenters. The molecule has 0 saturated heterocycles. The summed E-state index contributed by atoms with van der Waals surface area (Å²) < 4.78 is 28.3. The van der Waals surface area contributed by atoms with Gasteiger partial charge in [0.1, 0.15) is 4.21 Å². The zero-order chi connectivity index (χ0) is 14.9. The van der Waals surface area contributed by atoms with Gasteiger partial charge in [0.15, 0.2) is 0 Å². The standard InChI is InChI=1S/C13H15BrN2O2S2/c1-8-6-12(19-13(8)14)20(17,18)16-11-5-3-4-10(7-11)9(2)15/h3-7,9,16H,15H2,1-2H3. The third-order valence-electron chi connectivity index (χ3n) is 2.76. The van der Waals surface area contributed by atoms with Gasteiger partial charge in [0.05, 0.1) is 3.79 Å². The zero-order valence-electron chi connectivity index (χ0n) is 11.1. The van der Waals surface area contributed by atoms with Crippen molar-refractivity contribution in [2.75, 3.05) is 4.72 Å². The summed E-state index contributed by atoms with van der Waals surface area (Å²) in [7, 11) is -3.56. The smallest absolute Gasteiger partial charge is 0.271 e. The summed E-state index contributed by atoms with van der Waals surface area (Å²) in [4.78, 5) is 0. The van der Waals surface area contributed by atoms with E-state index in [1.807, 2.05) is 19.9 Å². The normalized spacial score (nSPS) is 13.2. The van der Waals surface area contributed by atoms with Crippen LogP contribution < -0.4 is 10.5 Å². The fraction of sp³-hybridized carbons (Fsp3) is 0.231. The van der Waals surface area contributed by atoms with Crippen LogP contribution in [0.25, 0.3) is 0 Å². The molecule has 1 aromatic heterocycles. The van der Waals surface area contributed by atoms with Crippen LogP contribution in [0.2, 0.25) is 0 Å². The van der Waals surface area contributed by atoms with Gasteiger partial charge in [-0.2, -0.15) is 0 Å². The minimum atomic E-state index is -3.56. The highest BCUT2D eigenvalue weighted by Crippen LogP contribution is 2.31. The maximum absolute atomic E-state index is 12.3. The number of rotatable bonds is 4. The number of sulfonamides is 1. The minimum absolute atomic E-state index is 0.141. The summed E-state index contributed by atoms with van der Waals surface area (Å²) in [6, 6.07) is 8.61. The van der Waals surface area contributed by atoms with Crippen LogP contribution in [-0.4, -0.2) is 8.42 Å². The first kappa shape index (κ1) is 15.5. The number of nitrogens with one attached hydrogen (secondary N) is 1. The van der Waals surface area contributed by atoms with E-state index in [1.54, 1.807) is 24.3 Å². The van der Waals surface area contributed by atoms with Gasteiger partial charge < -0.3 is 5.73 Å². The number of benzene rings is 1. The van der Waals surface area contributed by atoms with Crippen LogP contribution in [0.3, 0.4) is 0 Å². The third-order valence-corrected chi connectivity index (χ3v) is 6.76. The highest BCUT2D eigenvalue weighted by atomic mass is 79.9. The molecule has 0 amide bonds. The van der Waals surface area contributed by atoms with E-state index in [4.69, 9.17) is 5.73 Å². The number of hydrogen-bond donors (Lipinski definition) is 2. The van der Waals surface area contributed by atoms with Crippen molar-refractivity contribution in [3.8, 4) is 0 Å². The number of nitrogens with two attached hydrogens (primary N) is 1. The molecule has 2 rings (SSSR count). The second-order valence-corrected chi connectivity index (χ2v) is 8.82. The van der Waals surface area contributed by atoms with Gasteiger partial charge in [-0.25, -0.2) is 8.42 Å². The van der Waals surface area contributed by atoms with Crippen molar-refractivity contribution in [1.29, 1.82) is 0 Å². The van der Waals surface area contributed by atoms with Gasteiger partial charge in [-0.1, -0.05) is 12.1 Å². The van der Waals surface area contributed by atoms with Crippen molar-refractivity contribution < 1.29 is 8.42 Å². The first-order valence-corrected chi connectivity index (χ1v) is 9.03. The molecule has 0 fully saturated rings. The summed E-state index contributed by atoms with van der Waals surface area (Å²) in [6.45, 7) is 3.71. The van der Waals surface area contributed by atoms with E-state index in [1.165, 1.54) is 11.3 Å². The molecule has 0 saturated carbocycles. The van der Waals surface area contributed by atoms with Gasteiger partial charge in [0.2, 0.25) is 0 Å². The first-order valence-electron chi connectivity index (χ1n) is 5.94. The lowest BCUT2D eigenvalue weighted by Crippen LogP contribution is -2.12. The van der Waals surface area contributed by atoms with E-state index in [9.17, 15) is 8.42 Å². The molecule has 1 aromatic carbocycles. The van der Waals surface area contributed by atoms with Crippen LogP contribution in [0.4, 0.5) is 5.69 Å². The Balaban J connectivity index is 2.31. The highest BCUT2D eigenvalue weighted by molar-refractivity contribution is 9.11. The maximum Gasteiger partial charge on any atom is 0.271 e.